The Bertz CT molecular complexity index is 869. The van der Waals surface area contributed by atoms with Crippen molar-refractivity contribution in [3.05, 3.63) is 71.8 Å². The summed E-state index contributed by atoms with van der Waals surface area (Å²) in [6.45, 7) is 0.907. The van der Waals surface area contributed by atoms with Gasteiger partial charge in [-0.2, -0.15) is 0 Å². The molecule has 0 heterocycles. The first-order chi connectivity index (χ1) is 14.0. The smallest absolute Gasteiger partial charge is 0.250 e. The molecule has 0 unspecified atom stereocenters. The number of carbonyl (C=O) groups excluding carboxylic acids is 2. The summed E-state index contributed by atoms with van der Waals surface area (Å²) in [6, 6.07) is 17.3. The third-order valence-electron chi connectivity index (χ3n) is 4.21. The molecule has 0 atom stereocenters. The predicted molar refractivity (Wildman–Crippen MR) is 118 cm³/mol. The molecule has 0 saturated heterocycles. The molecule has 2 aromatic carbocycles. The Balaban J connectivity index is 1.98. The van der Waals surface area contributed by atoms with Crippen LogP contribution in [0.5, 0.6) is 5.75 Å². The van der Waals surface area contributed by atoms with Crippen molar-refractivity contribution in [2.45, 2.75) is 12.8 Å². The lowest BCUT2D eigenvalue weighted by Crippen LogP contribution is -2.44. The number of rotatable bonds is 9. The van der Waals surface area contributed by atoms with E-state index in [2.05, 4.69) is 5.32 Å². The molecule has 7 heteroatoms. The molecule has 2 rings (SSSR count). The highest BCUT2D eigenvalue weighted by Gasteiger charge is 2.13. The number of thiocarbonyl (C=S) groups is 1. The van der Waals surface area contributed by atoms with Crippen LogP contribution in [0.1, 0.15) is 17.5 Å². The number of para-hydroxylation sites is 1. The van der Waals surface area contributed by atoms with E-state index >= 15 is 0 Å². The van der Waals surface area contributed by atoms with Gasteiger partial charge in [0.15, 0.2) is 5.11 Å². The highest BCUT2D eigenvalue weighted by molar-refractivity contribution is 7.80. The Morgan fingerprint density at radius 3 is 2.48 bits per heavy atom. The topological polar surface area (TPSA) is 84.7 Å². The number of nitrogens with two attached hydrogens (primary N) is 1. The molecule has 29 heavy (non-hydrogen) atoms. The monoisotopic (exact) mass is 411 g/mol. The quantitative estimate of drug-likeness (QED) is 0.489. The minimum absolute atomic E-state index is 0.155. The standard InChI is InChI=1S/C22H25N3O3S/c1-28-19-10-6-5-9-18(19)11-12-21(27)24-22(29)25(16-14-20(23)26)15-13-17-7-3-2-4-8-17/h2-12H,13-16H2,1H3,(H2,23,26)(H,24,27,29)/b12-11+. The zero-order chi connectivity index (χ0) is 21.1. The molecule has 0 saturated carbocycles. The van der Waals surface area contributed by atoms with Gasteiger partial charge >= 0.3 is 0 Å². The third kappa shape index (κ3) is 7.75. The third-order valence-corrected chi connectivity index (χ3v) is 4.57. The minimum Gasteiger partial charge on any atom is -0.496 e. The van der Waals surface area contributed by atoms with Crippen molar-refractivity contribution in [1.82, 2.24) is 10.2 Å². The molecular weight excluding hydrogens is 386 g/mol. The summed E-state index contributed by atoms with van der Waals surface area (Å²) in [6.07, 6.45) is 3.94. The number of nitrogens with zero attached hydrogens (tertiary/aromatic N) is 1. The van der Waals surface area contributed by atoms with Crippen molar-refractivity contribution < 1.29 is 14.3 Å². The van der Waals surface area contributed by atoms with Crippen molar-refractivity contribution in [2.24, 2.45) is 5.73 Å². The summed E-state index contributed by atoms with van der Waals surface area (Å²) in [4.78, 5) is 25.3. The maximum Gasteiger partial charge on any atom is 0.250 e. The van der Waals surface area contributed by atoms with E-state index in [9.17, 15) is 9.59 Å². The van der Waals surface area contributed by atoms with Crippen LogP contribution in [-0.2, 0) is 16.0 Å². The number of hydrogen-bond donors (Lipinski definition) is 2. The second-order valence-electron chi connectivity index (χ2n) is 6.31. The highest BCUT2D eigenvalue weighted by atomic mass is 32.1. The fraction of sp³-hybridized carbons (Fsp3) is 0.227. The van der Waals surface area contributed by atoms with Gasteiger partial charge in [0, 0.05) is 31.1 Å². The first kappa shape index (κ1) is 22.1. The van der Waals surface area contributed by atoms with Crippen molar-refractivity contribution in [3.8, 4) is 5.75 Å². The normalized spacial score (nSPS) is 10.5. The van der Waals surface area contributed by atoms with Crippen LogP contribution in [0.15, 0.2) is 60.7 Å². The second-order valence-corrected chi connectivity index (χ2v) is 6.70. The van der Waals surface area contributed by atoms with Gasteiger partial charge in [0.1, 0.15) is 5.75 Å². The van der Waals surface area contributed by atoms with Crippen molar-refractivity contribution in [2.75, 3.05) is 20.2 Å². The number of primary amides is 1. The van der Waals surface area contributed by atoms with Crippen LogP contribution < -0.4 is 15.8 Å². The number of benzene rings is 2. The first-order valence-electron chi connectivity index (χ1n) is 9.23. The van der Waals surface area contributed by atoms with Gasteiger partial charge < -0.3 is 15.4 Å². The lowest BCUT2D eigenvalue weighted by molar-refractivity contribution is -0.118. The average molecular weight is 412 g/mol. The van der Waals surface area contributed by atoms with Crippen LogP contribution >= 0.6 is 12.2 Å². The Labute approximate surface area is 176 Å². The van der Waals surface area contributed by atoms with Crippen LogP contribution in [0.4, 0.5) is 0 Å². The zero-order valence-corrected chi connectivity index (χ0v) is 17.2. The molecule has 0 spiro atoms. The van der Waals surface area contributed by atoms with E-state index in [-0.39, 0.29) is 17.4 Å². The van der Waals surface area contributed by atoms with E-state index in [1.807, 2.05) is 54.6 Å². The molecule has 0 fully saturated rings. The van der Waals surface area contributed by atoms with E-state index in [0.29, 0.717) is 18.8 Å². The van der Waals surface area contributed by atoms with Crippen LogP contribution in [0.2, 0.25) is 0 Å². The van der Waals surface area contributed by atoms with E-state index in [4.69, 9.17) is 22.7 Å². The Morgan fingerprint density at radius 1 is 1.10 bits per heavy atom. The second kappa shape index (κ2) is 11.6. The van der Waals surface area contributed by atoms with Gasteiger partial charge in [-0.1, -0.05) is 48.5 Å². The molecule has 0 aromatic heterocycles. The molecule has 3 N–H and O–H groups in total. The molecule has 0 bridgehead atoms. The summed E-state index contributed by atoms with van der Waals surface area (Å²) in [7, 11) is 1.57. The molecule has 0 radical (unpaired) electrons. The highest BCUT2D eigenvalue weighted by Crippen LogP contribution is 2.18. The van der Waals surface area contributed by atoms with E-state index in [1.165, 1.54) is 6.08 Å². The van der Waals surface area contributed by atoms with Crippen LogP contribution in [-0.4, -0.2) is 42.0 Å². The summed E-state index contributed by atoms with van der Waals surface area (Å²) in [5.74, 6) is -0.102. The summed E-state index contributed by atoms with van der Waals surface area (Å²) in [5.41, 5.74) is 7.19. The maximum atomic E-state index is 12.3. The van der Waals surface area contributed by atoms with Gasteiger partial charge in [-0.25, -0.2) is 0 Å². The Kier molecular flexibility index (Phi) is 8.85. The lowest BCUT2D eigenvalue weighted by atomic mass is 10.1. The van der Waals surface area contributed by atoms with Crippen LogP contribution in [0, 0.1) is 0 Å². The number of amides is 2. The number of ether oxygens (including phenoxy) is 1. The predicted octanol–water partition coefficient (Wildman–Crippen LogP) is 2.53. The molecule has 0 aliphatic carbocycles. The van der Waals surface area contributed by atoms with Crippen LogP contribution in [0.3, 0.4) is 0 Å². The van der Waals surface area contributed by atoms with Crippen molar-refractivity contribution in [3.63, 3.8) is 0 Å². The Hall–Kier alpha value is -3.19. The van der Waals surface area contributed by atoms with Gasteiger partial charge in [-0.3, -0.25) is 14.9 Å². The Morgan fingerprint density at radius 2 is 1.79 bits per heavy atom. The number of carbonyl (C=O) groups is 2. The molecule has 0 aliphatic rings. The number of methoxy groups -OCH3 is 1. The van der Waals surface area contributed by atoms with Crippen LogP contribution in [0.25, 0.3) is 6.08 Å². The molecule has 0 aliphatic heterocycles. The lowest BCUT2D eigenvalue weighted by Gasteiger charge is -2.24. The molecule has 6 nitrogen and oxygen atoms in total. The zero-order valence-electron chi connectivity index (χ0n) is 16.3. The first-order valence-corrected chi connectivity index (χ1v) is 9.63. The van der Waals surface area contributed by atoms with Gasteiger partial charge in [0.25, 0.3) is 0 Å². The van der Waals surface area contributed by atoms with E-state index in [0.717, 1.165) is 17.5 Å². The van der Waals surface area contributed by atoms with Crippen molar-refractivity contribution in [1.29, 1.82) is 0 Å². The van der Waals surface area contributed by atoms with E-state index < -0.39 is 5.91 Å². The van der Waals surface area contributed by atoms with Gasteiger partial charge in [-0.05, 0) is 36.3 Å². The number of nitrogens with one attached hydrogen (secondary N) is 1. The fourth-order valence-electron chi connectivity index (χ4n) is 2.66. The van der Waals surface area contributed by atoms with E-state index in [1.54, 1.807) is 18.1 Å². The summed E-state index contributed by atoms with van der Waals surface area (Å²) < 4.78 is 5.26. The van der Waals surface area contributed by atoms with Crippen molar-refractivity contribution >= 4 is 35.2 Å². The average Bonchev–Trinajstić information content (AvgIpc) is 2.72. The molecule has 2 amide bonds. The molecule has 152 valence electrons. The SMILES string of the molecule is COc1ccccc1/C=C/C(=O)NC(=S)N(CCC(N)=O)CCc1ccccc1. The fourth-order valence-corrected chi connectivity index (χ4v) is 2.95. The van der Waals surface area contributed by atoms with Gasteiger partial charge in [-0.15, -0.1) is 0 Å². The minimum atomic E-state index is -0.417. The number of hydrogen-bond acceptors (Lipinski definition) is 4. The molecule has 2 aromatic rings. The maximum absolute atomic E-state index is 12.3. The summed E-state index contributed by atoms with van der Waals surface area (Å²) in [5, 5.41) is 2.95. The largest absolute Gasteiger partial charge is 0.496 e. The van der Waals surface area contributed by atoms with Gasteiger partial charge in [0.2, 0.25) is 11.8 Å². The molecular formula is C22H25N3O3S. The van der Waals surface area contributed by atoms with Gasteiger partial charge in [0.05, 0.1) is 7.11 Å². The summed E-state index contributed by atoms with van der Waals surface area (Å²) >= 11 is 5.38.